The molecule has 0 bridgehead atoms. The summed E-state index contributed by atoms with van der Waals surface area (Å²) in [7, 11) is 0. The topological polar surface area (TPSA) is 231 Å². The van der Waals surface area contributed by atoms with Gasteiger partial charge in [0.15, 0.2) is 18.7 Å². The quantitative estimate of drug-likeness (QED) is 0.0172. The fraction of sp³-hybridized carbons (Fsp3) is 0.754. The summed E-state index contributed by atoms with van der Waals surface area (Å²) in [4.78, 5) is 25.8. The second-order valence-corrected chi connectivity index (χ2v) is 19.0. The standard InChI is InChI=1S/C57H96O15/c1-3-5-7-9-11-13-15-17-19-21-22-24-26-28-30-32-34-36-38-40-49(60)70-45(42-67-48(59)39-37-35-33-31-29-27-25-23-20-18-16-14-12-10-8-6-4-2)43-68-56-55(66)53(64)51(62)47(72-56)44-69-57-54(65)52(63)50(61)46(41-58)71-57/h6,8,11-14,17-20,22,24,45-47,50-58,61-66H,3-5,7,9-10,15-16,21,23,25-44H2,1-2H3/b8-6-,13-11-,14-12-,19-17-,20-18-,24-22-. The van der Waals surface area contributed by atoms with Crippen molar-refractivity contribution in [2.24, 2.45) is 0 Å². The Morgan fingerprint density at radius 1 is 0.458 bits per heavy atom. The third-order valence-electron chi connectivity index (χ3n) is 12.7. The van der Waals surface area contributed by atoms with Crippen LogP contribution in [0.5, 0.6) is 0 Å². The summed E-state index contributed by atoms with van der Waals surface area (Å²) in [6.07, 6.45) is 34.8. The van der Waals surface area contributed by atoms with Crippen LogP contribution in [0.4, 0.5) is 0 Å². The monoisotopic (exact) mass is 1020 g/mol. The molecule has 2 aliphatic heterocycles. The molecule has 2 rings (SSSR count). The fourth-order valence-corrected chi connectivity index (χ4v) is 8.18. The zero-order valence-electron chi connectivity index (χ0n) is 43.9. The normalized spacial score (nSPS) is 25.6. The van der Waals surface area contributed by atoms with E-state index in [9.17, 15) is 45.3 Å². The van der Waals surface area contributed by atoms with E-state index < -0.39 is 99.3 Å². The van der Waals surface area contributed by atoms with E-state index in [4.69, 9.17) is 28.4 Å². The minimum atomic E-state index is -1.77. The van der Waals surface area contributed by atoms with Crippen molar-refractivity contribution in [3.63, 3.8) is 0 Å². The van der Waals surface area contributed by atoms with Gasteiger partial charge in [-0.1, -0.05) is 157 Å². The zero-order valence-corrected chi connectivity index (χ0v) is 43.9. The van der Waals surface area contributed by atoms with E-state index >= 15 is 0 Å². The van der Waals surface area contributed by atoms with Crippen molar-refractivity contribution in [3.8, 4) is 0 Å². The molecular weight excluding hydrogens is 925 g/mol. The van der Waals surface area contributed by atoms with Crippen molar-refractivity contribution in [3.05, 3.63) is 72.9 Å². The number of allylic oxidation sites excluding steroid dienone is 12. The van der Waals surface area contributed by atoms with Crippen LogP contribution < -0.4 is 0 Å². The maximum Gasteiger partial charge on any atom is 0.306 e. The first kappa shape index (κ1) is 65.1. The number of carbonyl (C=O) groups excluding carboxylic acids is 2. The molecule has 0 aliphatic carbocycles. The molecule has 15 heteroatoms. The van der Waals surface area contributed by atoms with Crippen LogP contribution in [0.1, 0.15) is 181 Å². The molecule has 0 saturated carbocycles. The Labute approximate surface area is 432 Å². The molecule has 0 spiro atoms. The lowest BCUT2D eigenvalue weighted by Crippen LogP contribution is -2.61. The van der Waals surface area contributed by atoms with E-state index in [1.54, 1.807) is 0 Å². The molecule has 0 aromatic carbocycles. The summed E-state index contributed by atoms with van der Waals surface area (Å²) in [5.74, 6) is -0.954. The minimum Gasteiger partial charge on any atom is -0.462 e. The molecule has 72 heavy (non-hydrogen) atoms. The van der Waals surface area contributed by atoms with Gasteiger partial charge in [-0.25, -0.2) is 0 Å². The van der Waals surface area contributed by atoms with Crippen molar-refractivity contribution < 1.29 is 73.8 Å². The lowest BCUT2D eigenvalue weighted by molar-refractivity contribution is -0.332. The molecule has 0 aromatic rings. The van der Waals surface area contributed by atoms with Crippen LogP contribution in [0.25, 0.3) is 0 Å². The maximum atomic E-state index is 13.0. The van der Waals surface area contributed by atoms with Gasteiger partial charge in [0.25, 0.3) is 0 Å². The molecule has 0 radical (unpaired) electrons. The molecule has 0 amide bonds. The second kappa shape index (κ2) is 43.2. The first-order valence-corrected chi connectivity index (χ1v) is 27.5. The third kappa shape index (κ3) is 30.3. The minimum absolute atomic E-state index is 0.145. The maximum absolute atomic E-state index is 13.0. The third-order valence-corrected chi connectivity index (χ3v) is 12.7. The van der Waals surface area contributed by atoms with Crippen LogP contribution in [0, 0.1) is 0 Å². The molecule has 15 nitrogen and oxygen atoms in total. The molecule has 414 valence electrons. The summed E-state index contributed by atoms with van der Waals surface area (Å²) in [6.45, 7) is 2.43. The molecule has 11 atom stereocenters. The van der Waals surface area contributed by atoms with Crippen LogP contribution in [0.2, 0.25) is 0 Å². The van der Waals surface area contributed by atoms with Crippen molar-refractivity contribution in [1.29, 1.82) is 0 Å². The largest absolute Gasteiger partial charge is 0.462 e. The predicted octanol–water partition coefficient (Wildman–Crippen LogP) is 8.60. The first-order chi connectivity index (χ1) is 35.0. The highest BCUT2D eigenvalue weighted by atomic mass is 16.7. The number of aliphatic hydroxyl groups excluding tert-OH is 7. The second-order valence-electron chi connectivity index (χ2n) is 19.0. The summed E-state index contributed by atoms with van der Waals surface area (Å²) >= 11 is 0. The van der Waals surface area contributed by atoms with E-state index in [2.05, 4.69) is 86.8 Å². The molecule has 2 aliphatic rings. The number of hydrogen-bond donors (Lipinski definition) is 7. The highest BCUT2D eigenvalue weighted by molar-refractivity contribution is 5.70. The molecule has 0 aromatic heterocycles. The molecule has 7 N–H and O–H groups in total. The SMILES string of the molecule is CC/C=C\C/C=C\C/C=C\CCCCCCCCCC(=O)OCC(COC1OC(COC2OC(CO)C(O)C(O)C2O)C(O)C(O)C1O)OC(=O)CCCCCCCC/C=C\C/C=C\C/C=C\CCCCC. The van der Waals surface area contributed by atoms with Crippen LogP contribution in [-0.2, 0) is 38.0 Å². The lowest BCUT2D eigenvalue weighted by atomic mass is 9.98. The van der Waals surface area contributed by atoms with Gasteiger partial charge in [0.2, 0.25) is 0 Å². The summed E-state index contributed by atoms with van der Waals surface area (Å²) in [5, 5.41) is 72.2. The zero-order chi connectivity index (χ0) is 52.4. The Hall–Kier alpha value is -3.06. The van der Waals surface area contributed by atoms with Crippen molar-refractivity contribution in [1.82, 2.24) is 0 Å². The Balaban J connectivity index is 1.79. The van der Waals surface area contributed by atoms with Crippen LogP contribution in [0.3, 0.4) is 0 Å². The van der Waals surface area contributed by atoms with E-state index in [1.165, 1.54) is 32.1 Å². The van der Waals surface area contributed by atoms with Crippen LogP contribution in [0.15, 0.2) is 72.9 Å². The van der Waals surface area contributed by atoms with Crippen molar-refractivity contribution in [2.75, 3.05) is 26.4 Å². The Kier molecular flexibility index (Phi) is 39.0. The van der Waals surface area contributed by atoms with E-state index in [1.807, 2.05) is 0 Å². The first-order valence-electron chi connectivity index (χ1n) is 27.5. The molecule has 2 saturated heterocycles. The van der Waals surface area contributed by atoms with Gasteiger partial charge in [-0.05, 0) is 83.5 Å². The number of hydrogen-bond acceptors (Lipinski definition) is 15. The molecule has 2 fully saturated rings. The van der Waals surface area contributed by atoms with Gasteiger partial charge in [-0.2, -0.15) is 0 Å². The Bertz CT molecular complexity index is 1530. The van der Waals surface area contributed by atoms with E-state index in [-0.39, 0.29) is 19.4 Å². The van der Waals surface area contributed by atoms with Gasteiger partial charge in [-0.3, -0.25) is 9.59 Å². The van der Waals surface area contributed by atoms with Gasteiger partial charge in [-0.15, -0.1) is 0 Å². The summed E-state index contributed by atoms with van der Waals surface area (Å²) in [6, 6.07) is 0. The number of rotatable bonds is 42. The van der Waals surface area contributed by atoms with Gasteiger partial charge in [0.05, 0.1) is 19.8 Å². The molecule has 11 unspecified atom stereocenters. The summed E-state index contributed by atoms with van der Waals surface area (Å²) in [5.41, 5.74) is 0. The van der Waals surface area contributed by atoms with Gasteiger partial charge in [0.1, 0.15) is 55.4 Å². The average molecular weight is 1020 g/mol. The lowest BCUT2D eigenvalue weighted by Gasteiger charge is -2.42. The van der Waals surface area contributed by atoms with Crippen LogP contribution in [-0.4, -0.2) is 142 Å². The van der Waals surface area contributed by atoms with Crippen molar-refractivity contribution in [2.45, 2.75) is 248 Å². The average Bonchev–Trinajstić information content (AvgIpc) is 3.37. The molecular formula is C57H96O15. The fourth-order valence-electron chi connectivity index (χ4n) is 8.18. The van der Waals surface area contributed by atoms with Crippen LogP contribution >= 0.6 is 0 Å². The summed E-state index contributed by atoms with van der Waals surface area (Å²) < 4.78 is 33.6. The highest BCUT2D eigenvalue weighted by Gasteiger charge is 2.47. The number of unbranched alkanes of at least 4 members (excludes halogenated alkanes) is 16. The van der Waals surface area contributed by atoms with Crippen molar-refractivity contribution >= 4 is 11.9 Å². The Morgan fingerprint density at radius 2 is 0.875 bits per heavy atom. The van der Waals surface area contributed by atoms with E-state index in [0.717, 1.165) is 109 Å². The predicted molar refractivity (Wildman–Crippen MR) is 279 cm³/mol. The number of aliphatic hydroxyl groups is 7. The number of ether oxygens (including phenoxy) is 6. The smallest absolute Gasteiger partial charge is 0.306 e. The number of carbonyl (C=O) groups is 2. The van der Waals surface area contributed by atoms with E-state index in [0.29, 0.717) is 12.8 Å². The van der Waals surface area contributed by atoms with Gasteiger partial charge >= 0.3 is 11.9 Å². The Morgan fingerprint density at radius 3 is 1.38 bits per heavy atom. The highest BCUT2D eigenvalue weighted by Crippen LogP contribution is 2.26. The number of esters is 2. The molecule has 2 heterocycles. The van der Waals surface area contributed by atoms with Gasteiger partial charge < -0.3 is 64.2 Å². The van der Waals surface area contributed by atoms with Gasteiger partial charge in [0, 0.05) is 12.8 Å².